The van der Waals surface area contributed by atoms with Gasteiger partial charge in [0, 0.05) is 18.9 Å². The summed E-state index contributed by atoms with van der Waals surface area (Å²) in [6, 6.07) is 4.05. The molecule has 29 heavy (non-hydrogen) atoms. The fraction of sp³-hybridized carbons (Fsp3) is 0.556. The lowest BCUT2D eigenvalue weighted by Gasteiger charge is -2.23. The van der Waals surface area contributed by atoms with Gasteiger partial charge in [0.2, 0.25) is 12.4 Å². The number of tetrazole rings is 1. The Hall–Kier alpha value is -3.26. The molecule has 0 spiro atoms. The van der Waals surface area contributed by atoms with Crippen LogP contribution in [0.2, 0.25) is 0 Å². The first-order chi connectivity index (χ1) is 13.8. The Kier molecular flexibility index (Phi) is 7.85. The highest BCUT2D eigenvalue weighted by molar-refractivity contribution is 5.68. The number of aliphatic hydroxyl groups excluding tert-OH is 1. The minimum atomic E-state index is -0.701. The maximum Gasteiger partial charge on any atom is 0.408 e. The number of amides is 1. The molecule has 156 valence electrons. The lowest BCUT2D eigenvalue weighted by atomic mass is 10.2. The van der Waals surface area contributed by atoms with Crippen LogP contribution in [0.4, 0.5) is 4.79 Å². The van der Waals surface area contributed by atoms with Crippen LogP contribution in [0.5, 0.6) is 5.88 Å². The second-order valence-electron chi connectivity index (χ2n) is 7.17. The number of carbonyl (C=O) groups excluding carboxylic acids is 1. The zero-order valence-electron chi connectivity index (χ0n) is 16.6. The third kappa shape index (κ3) is 7.00. The zero-order chi connectivity index (χ0) is 21.3. The quantitative estimate of drug-likeness (QED) is 0.604. The molecule has 1 amide bonds. The minimum Gasteiger partial charge on any atom is -0.475 e. The number of hydrogen-bond donors (Lipinski definition) is 2. The molecule has 0 saturated carbocycles. The average molecular weight is 403 g/mol. The molecular formula is C18H25N7O4. The summed E-state index contributed by atoms with van der Waals surface area (Å²) < 4.78 is 12.4. The van der Waals surface area contributed by atoms with Crippen LogP contribution >= 0.6 is 0 Å². The molecule has 0 aliphatic carbocycles. The molecule has 0 aromatic carbocycles. The van der Waals surface area contributed by atoms with Gasteiger partial charge >= 0.3 is 6.09 Å². The van der Waals surface area contributed by atoms with Crippen LogP contribution < -0.4 is 10.1 Å². The van der Waals surface area contributed by atoms with Crippen molar-refractivity contribution in [1.82, 2.24) is 30.5 Å². The second-order valence-corrected chi connectivity index (χ2v) is 7.17. The largest absolute Gasteiger partial charge is 0.475 e. The van der Waals surface area contributed by atoms with E-state index >= 15 is 0 Å². The molecule has 2 atom stereocenters. The number of aliphatic hydroxyl groups is 1. The Balaban J connectivity index is 2.18. The van der Waals surface area contributed by atoms with Crippen LogP contribution in [0.15, 0.2) is 24.4 Å². The van der Waals surface area contributed by atoms with Gasteiger partial charge in [0.15, 0.2) is 11.9 Å². The second kappa shape index (κ2) is 10.3. The van der Waals surface area contributed by atoms with Crippen molar-refractivity contribution >= 4 is 6.09 Å². The Morgan fingerprint density at radius 2 is 2.21 bits per heavy atom. The first-order valence-electron chi connectivity index (χ1n) is 9.09. The van der Waals surface area contributed by atoms with Gasteiger partial charge in [0.25, 0.3) is 0 Å². The van der Waals surface area contributed by atoms with Crippen molar-refractivity contribution < 1.29 is 19.4 Å². The number of aromatic nitrogens is 5. The molecule has 0 aliphatic rings. The predicted octanol–water partition coefficient (Wildman–Crippen LogP) is 1.56. The summed E-state index contributed by atoms with van der Waals surface area (Å²) >= 11 is 0. The maximum atomic E-state index is 12.2. The number of hydrogen-bond acceptors (Lipinski definition) is 8. The van der Waals surface area contributed by atoms with Crippen LogP contribution in [-0.4, -0.2) is 61.8 Å². The number of carbonyl (C=O) groups is 1. The first kappa shape index (κ1) is 22.0. The number of pyridine rings is 1. The third-order valence-electron chi connectivity index (χ3n) is 3.65. The molecule has 0 bridgehead atoms. The van der Waals surface area contributed by atoms with E-state index in [2.05, 4.69) is 30.7 Å². The molecule has 0 aliphatic heterocycles. The van der Waals surface area contributed by atoms with Gasteiger partial charge in [-0.25, -0.2) is 21.0 Å². The molecular weight excluding hydrogens is 378 g/mol. The van der Waals surface area contributed by atoms with Crippen molar-refractivity contribution in [2.45, 2.75) is 44.9 Å². The number of rotatable bonds is 9. The van der Waals surface area contributed by atoms with Crippen molar-refractivity contribution in [3.05, 3.63) is 41.6 Å². The van der Waals surface area contributed by atoms with E-state index in [-0.39, 0.29) is 26.2 Å². The lowest BCUT2D eigenvalue weighted by molar-refractivity contribution is 0.0491. The molecule has 11 nitrogen and oxygen atoms in total. The Labute approximate surface area is 168 Å². The summed E-state index contributed by atoms with van der Waals surface area (Å²) in [5.74, 6) is 0.707. The van der Waals surface area contributed by atoms with Gasteiger partial charge in [-0.1, -0.05) is 6.07 Å². The molecule has 2 heterocycles. The standard InChI is InChI=1S/C18H25N7O4/c1-18(2,3)29-17(27)21-14(8-10-26)16-22-23-24-25(16)13(11-19-4)12-28-15-7-5-6-9-20-15/h5-7,9,13-14,26H,8,10-12H2,1-3H3,(H,21,27)/t13-,14-/m1/s1. The van der Waals surface area contributed by atoms with Gasteiger partial charge in [-0.2, -0.15) is 0 Å². The van der Waals surface area contributed by atoms with Crippen LogP contribution in [0.1, 0.15) is 45.1 Å². The van der Waals surface area contributed by atoms with E-state index in [1.807, 2.05) is 0 Å². The van der Waals surface area contributed by atoms with Gasteiger partial charge in [-0.3, -0.25) is 0 Å². The normalized spacial score (nSPS) is 13.2. The van der Waals surface area contributed by atoms with Crippen molar-refractivity contribution in [1.29, 1.82) is 0 Å². The Morgan fingerprint density at radius 1 is 1.41 bits per heavy atom. The van der Waals surface area contributed by atoms with Crippen molar-refractivity contribution in [2.75, 3.05) is 19.8 Å². The fourth-order valence-electron chi connectivity index (χ4n) is 2.45. The number of nitrogens with zero attached hydrogens (tertiary/aromatic N) is 6. The summed E-state index contributed by atoms with van der Waals surface area (Å²) in [6.45, 7) is 12.4. The molecule has 0 unspecified atom stereocenters. The number of alkyl carbamates (subject to hydrolysis) is 1. The van der Waals surface area contributed by atoms with E-state index < -0.39 is 23.8 Å². The summed E-state index contributed by atoms with van der Waals surface area (Å²) in [5.41, 5.74) is -0.678. The molecule has 0 radical (unpaired) electrons. The van der Waals surface area contributed by atoms with Gasteiger partial charge < -0.3 is 24.7 Å². The molecule has 0 fully saturated rings. The topological polar surface area (TPSA) is 129 Å². The number of nitrogens with one attached hydrogen (secondary N) is 1. The SMILES string of the molecule is [C-]#[N+]C[C@H](COc1ccccn1)n1nnnc1[C@@H](CCO)NC(=O)OC(C)(C)C. The van der Waals surface area contributed by atoms with Crippen LogP contribution in [0.3, 0.4) is 0 Å². The van der Waals surface area contributed by atoms with E-state index in [0.29, 0.717) is 11.7 Å². The van der Waals surface area contributed by atoms with Gasteiger partial charge in [0.1, 0.15) is 12.2 Å². The van der Waals surface area contributed by atoms with Crippen LogP contribution in [-0.2, 0) is 4.74 Å². The molecule has 0 saturated heterocycles. The minimum absolute atomic E-state index is 0.0587. The van der Waals surface area contributed by atoms with Crippen LogP contribution in [0, 0.1) is 6.57 Å². The maximum absolute atomic E-state index is 12.2. The molecule has 11 heteroatoms. The Bertz CT molecular complexity index is 814. The third-order valence-corrected chi connectivity index (χ3v) is 3.65. The van der Waals surface area contributed by atoms with E-state index in [4.69, 9.17) is 16.0 Å². The molecule has 2 rings (SSSR count). The highest BCUT2D eigenvalue weighted by atomic mass is 16.6. The van der Waals surface area contributed by atoms with Gasteiger partial charge in [-0.15, -0.1) is 5.10 Å². The Morgan fingerprint density at radius 3 is 2.83 bits per heavy atom. The van der Waals surface area contributed by atoms with Crippen molar-refractivity contribution in [2.24, 2.45) is 0 Å². The summed E-state index contributed by atoms with van der Waals surface area (Å²) in [7, 11) is 0. The number of ether oxygens (including phenoxy) is 2. The van der Waals surface area contributed by atoms with Gasteiger partial charge in [-0.05, 0) is 43.7 Å². The van der Waals surface area contributed by atoms with Crippen LogP contribution in [0.25, 0.3) is 4.85 Å². The molecule has 2 aromatic heterocycles. The molecule has 2 aromatic rings. The predicted molar refractivity (Wildman–Crippen MR) is 102 cm³/mol. The van der Waals surface area contributed by atoms with E-state index in [1.165, 1.54) is 4.68 Å². The lowest BCUT2D eigenvalue weighted by Crippen LogP contribution is -2.37. The van der Waals surface area contributed by atoms with E-state index in [0.717, 1.165) is 0 Å². The van der Waals surface area contributed by atoms with Gasteiger partial charge in [0.05, 0.1) is 6.04 Å². The highest BCUT2D eigenvalue weighted by Crippen LogP contribution is 2.19. The van der Waals surface area contributed by atoms with E-state index in [1.54, 1.807) is 45.2 Å². The monoisotopic (exact) mass is 403 g/mol. The summed E-state index contributed by atoms with van der Waals surface area (Å²) in [6.07, 6.45) is 1.12. The first-order valence-corrected chi connectivity index (χ1v) is 9.09. The fourth-order valence-corrected chi connectivity index (χ4v) is 2.45. The average Bonchev–Trinajstić information content (AvgIpc) is 3.13. The molecule has 2 N–H and O–H groups in total. The van der Waals surface area contributed by atoms with Crippen molar-refractivity contribution in [3.8, 4) is 5.88 Å². The zero-order valence-corrected chi connectivity index (χ0v) is 16.6. The summed E-state index contributed by atoms with van der Waals surface area (Å²) in [4.78, 5) is 19.7. The van der Waals surface area contributed by atoms with E-state index in [9.17, 15) is 9.90 Å². The highest BCUT2D eigenvalue weighted by Gasteiger charge is 2.28. The smallest absolute Gasteiger partial charge is 0.408 e. The summed E-state index contributed by atoms with van der Waals surface area (Å²) in [5, 5.41) is 23.7. The van der Waals surface area contributed by atoms with Crippen molar-refractivity contribution in [3.63, 3.8) is 0 Å².